The van der Waals surface area contributed by atoms with Crippen molar-refractivity contribution in [3.8, 4) is 0 Å². The zero-order valence-corrected chi connectivity index (χ0v) is 8.64. The lowest BCUT2D eigenvalue weighted by atomic mass is 9.98. The van der Waals surface area contributed by atoms with E-state index in [4.69, 9.17) is 9.47 Å². The number of hydrogen-bond donors (Lipinski definition) is 0. The fourth-order valence-electron chi connectivity index (χ4n) is 1.15. The standard InChI is InChI=1S/C10H20O2/c1-5-9(3)7-12-10(4,6-2)8-11-9/h5-8H2,1-4H3. The molecule has 0 aromatic carbocycles. The Bertz CT molecular complexity index is 128. The van der Waals surface area contributed by atoms with E-state index in [2.05, 4.69) is 27.7 Å². The molecule has 0 aromatic heterocycles. The molecule has 0 spiro atoms. The van der Waals surface area contributed by atoms with Gasteiger partial charge in [0.1, 0.15) is 0 Å². The third-order valence-electron chi connectivity index (χ3n) is 2.95. The number of rotatable bonds is 2. The molecule has 0 amide bonds. The van der Waals surface area contributed by atoms with Crippen molar-refractivity contribution in [2.45, 2.75) is 51.7 Å². The van der Waals surface area contributed by atoms with Crippen molar-refractivity contribution >= 4 is 0 Å². The lowest BCUT2D eigenvalue weighted by Gasteiger charge is -2.42. The van der Waals surface area contributed by atoms with Gasteiger partial charge in [0.05, 0.1) is 24.4 Å². The highest BCUT2D eigenvalue weighted by Gasteiger charge is 2.36. The minimum atomic E-state index is -0.0469. The van der Waals surface area contributed by atoms with E-state index in [-0.39, 0.29) is 11.2 Å². The van der Waals surface area contributed by atoms with Crippen molar-refractivity contribution in [1.29, 1.82) is 0 Å². The highest BCUT2D eigenvalue weighted by molar-refractivity contribution is 4.84. The zero-order chi connectivity index (χ0) is 9.24. The SMILES string of the molecule is CCC1(C)COC(C)(CC)CO1. The summed E-state index contributed by atoms with van der Waals surface area (Å²) in [5.41, 5.74) is -0.0939. The molecule has 2 atom stereocenters. The van der Waals surface area contributed by atoms with Gasteiger partial charge in [0.25, 0.3) is 0 Å². The van der Waals surface area contributed by atoms with Crippen molar-refractivity contribution in [1.82, 2.24) is 0 Å². The predicted molar refractivity (Wildman–Crippen MR) is 49.3 cm³/mol. The lowest BCUT2D eigenvalue weighted by molar-refractivity contribution is -0.224. The summed E-state index contributed by atoms with van der Waals surface area (Å²) < 4.78 is 11.6. The molecule has 72 valence electrons. The Labute approximate surface area is 75.2 Å². The van der Waals surface area contributed by atoms with Crippen LogP contribution in [0.25, 0.3) is 0 Å². The van der Waals surface area contributed by atoms with Crippen molar-refractivity contribution in [3.63, 3.8) is 0 Å². The Kier molecular flexibility index (Phi) is 2.79. The van der Waals surface area contributed by atoms with Crippen LogP contribution in [0.4, 0.5) is 0 Å². The minimum Gasteiger partial charge on any atom is -0.370 e. The molecule has 0 N–H and O–H groups in total. The molecule has 1 heterocycles. The molecule has 1 aliphatic heterocycles. The van der Waals surface area contributed by atoms with E-state index < -0.39 is 0 Å². The lowest BCUT2D eigenvalue weighted by Crippen LogP contribution is -2.50. The van der Waals surface area contributed by atoms with Gasteiger partial charge in [0.15, 0.2) is 0 Å². The van der Waals surface area contributed by atoms with Gasteiger partial charge in [0, 0.05) is 0 Å². The summed E-state index contributed by atoms with van der Waals surface area (Å²) in [6.45, 7) is 9.96. The maximum atomic E-state index is 5.80. The second-order valence-electron chi connectivity index (χ2n) is 4.18. The fraction of sp³-hybridized carbons (Fsp3) is 1.00. The second-order valence-corrected chi connectivity index (χ2v) is 4.18. The van der Waals surface area contributed by atoms with Crippen LogP contribution in [-0.4, -0.2) is 24.4 Å². The quantitative estimate of drug-likeness (QED) is 0.636. The zero-order valence-electron chi connectivity index (χ0n) is 8.64. The van der Waals surface area contributed by atoms with Crippen molar-refractivity contribution < 1.29 is 9.47 Å². The van der Waals surface area contributed by atoms with Gasteiger partial charge in [-0.1, -0.05) is 13.8 Å². The highest BCUT2D eigenvalue weighted by Crippen LogP contribution is 2.29. The first-order valence-electron chi connectivity index (χ1n) is 4.81. The average molecular weight is 172 g/mol. The molecule has 0 bridgehead atoms. The van der Waals surface area contributed by atoms with Crippen LogP contribution >= 0.6 is 0 Å². The van der Waals surface area contributed by atoms with Crippen molar-refractivity contribution in [2.24, 2.45) is 0 Å². The van der Waals surface area contributed by atoms with Crippen LogP contribution in [0.15, 0.2) is 0 Å². The monoisotopic (exact) mass is 172 g/mol. The molecule has 0 aromatic rings. The Hall–Kier alpha value is -0.0800. The third-order valence-corrected chi connectivity index (χ3v) is 2.95. The van der Waals surface area contributed by atoms with Gasteiger partial charge in [-0.15, -0.1) is 0 Å². The molecule has 0 aliphatic carbocycles. The maximum Gasteiger partial charge on any atom is 0.0886 e. The van der Waals surface area contributed by atoms with Crippen LogP contribution < -0.4 is 0 Å². The maximum absolute atomic E-state index is 5.80. The molecular weight excluding hydrogens is 152 g/mol. The van der Waals surface area contributed by atoms with Crippen molar-refractivity contribution in [2.75, 3.05) is 13.2 Å². The molecule has 1 rings (SSSR count). The molecule has 2 heteroatoms. The highest BCUT2D eigenvalue weighted by atomic mass is 16.6. The smallest absolute Gasteiger partial charge is 0.0886 e. The van der Waals surface area contributed by atoms with E-state index in [9.17, 15) is 0 Å². The fourth-order valence-corrected chi connectivity index (χ4v) is 1.15. The first-order chi connectivity index (χ1) is 5.54. The predicted octanol–water partition coefficient (Wildman–Crippen LogP) is 2.37. The van der Waals surface area contributed by atoms with Crippen LogP contribution in [0.1, 0.15) is 40.5 Å². The van der Waals surface area contributed by atoms with E-state index in [0.29, 0.717) is 0 Å². The summed E-state index contributed by atoms with van der Waals surface area (Å²) >= 11 is 0. The molecule has 12 heavy (non-hydrogen) atoms. The molecule has 2 nitrogen and oxygen atoms in total. The number of ether oxygens (including phenoxy) is 2. The summed E-state index contributed by atoms with van der Waals surface area (Å²) in [7, 11) is 0. The van der Waals surface area contributed by atoms with E-state index in [0.717, 1.165) is 26.1 Å². The van der Waals surface area contributed by atoms with Gasteiger partial charge in [-0.3, -0.25) is 0 Å². The Morgan fingerprint density at radius 3 is 1.42 bits per heavy atom. The molecular formula is C10H20O2. The van der Waals surface area contributed by atoms with Gasteiger partial charge < -0.3 is 9.47 Å². The van der Waals surface area contributed by atoms with E-state index in [1.807, 2.05) is 0 Å². The molecule has 0 saturated carbocycles. The molecule has 1 fully saturated rings. The van der Waals surface area contributed by atoms with Gasteiger partial charge in [-0.2, -0.15) is 0 Å². The van der Waals surface area contributed by atoms with E-state index in [1.54, 1.807) is 0 Å². The van der Waals surface area contributed by atoms with Crippen LogP contribution in [0.5, 0.6) is 0 Å². The van der Waals surface area contributed by atoms with Crippen LogP contribution in [0, 0.1) is 0 Å². The molecule has 1 aliphatic rings. The summed E-state index contributed by atoms with van der Waals surface area (Å²) in [5.74, 6) is 0. The molecule has 1 saturated heterocycles. The Morgan fingerprint density at radius 1 is 0.917 bits per heavy atom. The summed E-state index contributed by atoms with van der Waals surface area (Å²) in [4.78, 5) is 0. The normalized spacial score (nSPS) is 43.0. The molecule has 2 unspecified atom stereocenters. The van der Waals surface area contributed by atoms with Gasteiger partial charge in [-0.05, 0) is 26.7 Å². The largest absolute Gasteiger partial charge is 0.370 e. The minimum absolute atomic E-state index is 0.0469. The van der Waals surface area contributed by atoms with Crippen molar-refractivity contribution in [3.05, 3.63) is 0 Å². The third kappa shape index (κ3) is 1.99. The van der Waals surface area contributed by atoms with E-state index >= 15 is 0 Å². The summed E-state index contributed by atoms with van der Waals surface area (Å²) in [5, 5.41) is 0. The summed E-state index contributed by atoms with van der Waals surface area (Å²) in [6, 6.07) is 0. The Morgan fingerprint density at radius 2 is 1.25 bits per heavy atom. The number of hydrogen-bond acceptors (Lipinski definition) is 2. The first kappa shape index (κ1) is 10.0. The van der Waals surface area contributed by atoms with Gasteiger partial charge >= 0.3 is 0 Å². The average Bonchev–Trinajstić information content (AvgIpc) is 2.11. The van der Waals surface area contributed by atoms with Crippen LogP contribution in [0.3, 0.4) is 0 Å². The topological polar surface area (TPSA) is 18.5 Å². The van der Waals surface area contributed by atoms with Crippen LogP contribution in [0.2, 0.25) is 0 Å². The first-order valence-corrected chi connectivity index (χ1v) is 4.81. The summed E-state index contributed by atoms with van der Waals surface area (Å²) in [6.07, 6.45) is 2.04. The van der Waals surface area contributed by atoms with Gasteiger partial charge in [0.2, 0.25) is 0 Å². The van der Waals surface area contributed by atoms with Crippen LogP contribution in [-0.2, 0) is 9.47 Å². The molecule has 0 radical (unpaired) electrons. The van der Waals surface area contributed by atoms with Gasteiger partial charge in [-0.25, -0.2) is 0 Å². The Balaban J connectivity index is 2.49. The second kappa shape index (κ2) is 3.35. The van der Waals surface area contributed by atoms with E-state index in [1.165, 1.54) is 0 Å².